The van der Waals surface area contributed by atoms with Crippen molar-refractivity contribution in [1.82, 2.24) is 0 Å². The molecule has 0 heterocycles. The largest absolute Gasteiger partial charge is 0.358 e. The average molecular weight is 429 g/mol. The van der Waals surface area contributed by atoms with Crippen LogP contribution in [0.25, 0.3) is 0 Å². The highest BCUT2D eigenvalue weighted by molar-refractivity contribution is 9.10. The fourth-order valence-electron chi connectivity index (χ4n) is 2.65. The van der Waals surface area contributed by atoms with Crippen molar-refractivity contribution >= 4 is 43.4 Å². The van der Waals surface area contributed by atoms with Gasteiger partial charge in [0.1, 0.15) is 4.90 Å². The average Bonchev–Trinajstić information content (AvgIpc) is 2.53. The van der Waals surface area contributed by atoms with E-state index in [9.17, 15) is 8.42 Å². The highest BCUT2D eigenvalue weighted by atomic mass is 79.9. The van der Waals surface area contributed by atoms with E-state index in [-0.39, 0.29) is 4.90 Å². The van der Waals surface area contributed by atoms with E-state index in [1.165, 1.54) is 12.1 Å². The molecule has 2 aromatic rings. The van der Waals surface area contributed by atoms with Crippen molar-refractivity contribution < 1.29 is 12.7 Å². The van der Waals surface area contributed by atoms with Crippen LogP contribution in [-0.4, -0.2) is 14.1 Å². The van der Waals surface area contributed by atoms with Gasteiger partial charge in [-0.25, -0.2) is 0 Å². The zero-order valence-corrected chi connectivity index (χ0v) is 16.1. The Bertz CT molecular complexity index is 908. The number of oxime groups is 1. The van der Waals surface area contributed by atoms with Gasteiger partial charge in [0.2, 0.25) is 0 Å². The van der Waals surface area contributed by atoms with Gasteiger partial charge in [-0.15, -0.1) is 0 Å². The Morgan fingerprint density at radius 1 is 1.17 bits per heavy atom. The van der Waals surface area contributed by atoms with Crippen LogP contribution in [0.15, 0.2) is 50.9 Å². The topological polar surface area (TPSA) is 55.7 Å². The van der Waals surface area contributed by atoms with Gasteiger partial charge in [-0.1, -0.05) is 50.4 Å². The number of benzene rings is 2. The molecule has 0 aromatic heterocycles. The second-order valence-corrected chi connectivity index (χ2v) is 8.47. The molecule has 0 atom stereocenters. The molecule has 0 spiro atoms. The minimum atomic E-state index is -3.93. The van der Waals surface area contributed by atoms with Crippen molar-refractivity contribution in [1.29, 1.82) is 0 Å². The molecule has 0 fully saturated rings. The molecular formula is C17H15BrClNO3S. The van der Waals surface area contributed by atoms with Crippen LogP contribution in [0.2, 0.25) is 5.02 Å². The number of hydrogen-bond acceptors (Lipinski definition) is 4. The maximum absolute atomic E-state index is 12.3. The molecule has 0 unspecified atom stereocenters. The van der Waals surface area contributed by atoms with Crippen molar-refractivity contribution in [3.8, 4) is 0 Å². The molecule has 0 saturated carbocycles. The van der Waals surface area contributed by atoms with Crippen molar-refractivity contribution in [3.63, 3.8) is 0 Å². The van der Waals surface area contributed by atoms with E-state index in [1.807, 2.05) is 13.0 Å². The van der Waals surface area contributed by atoms with Crippen LogP contribution in [0.3, 0.4) is 0 Å². The predicted molar refractivity (Wildman–Crippen MR) is 98.1 cm³/mol. The molecule has 0 saturated heterocycles. The Morgan fingerprint density at radius 2 is 1.88 bits per heavy atom. The SMILES string of the molecule is Cc1ccc(S(=O)(=O)O/N=C2\CCCc3cc(Cl)cc(Br)c32)cc1. The lowest BCUT2D eigenvalue weighted by Gasteiger charge is -2.19. The molecule has 0 N–H and O–H groups in total. The van der Waals surface area contributed by atoms with Crippen molar-refractivity contribution in [2.75, 3.05) is 0 Å². The first-order chi connectivity index (χ1) is 11.4. The lowest BCUT2D eigenvalue weighted by atomic mass is 9.90. The quantitative estimate of drug-likeness (QED) is 0.656. The molecule has 0 aliphatic heterocycles. The standard InChI is InChI=1S/C17H15BrClNO3S/c1-11-5-7-14(8-6-11)24(21,22)23-20-16-4-2-3-12-9-13(19)10-15(18)17(12)16/h5-10H,2-4H2,1H3/b20-16+. The van der Waals surface area contributed by atoms with Crippen molar-refractivity contribution in [3.05, 3.63) is 62.6 Å². The smallest absolute Gasteiger partial charge is 0.264 e. The molecule has 126 valence electrons. The van der Waals surface area contributed by atoms with Gasteiger partial charge >= 0.3 is 10.1 Å². The summed E-state index contributed by atoms with van der Waals surface area (Å²) in [5.41, 5.74) is 3.48. The molecule has 3 rings (SSSR count). The van der Waals surface area contributed by atoms with Crippen LogP contribution in [0.1, 0.15) is 29.5 Å². The number of halogens is 2. The van der Waals surface area contributed by atoms with E-state index < -0.39 is 10.1 Å². The first kappa shape index (κ1) is 17.5. The summed E-state index contributed by atoms with van der Waals surface area (Å²) < 4.78 is 30.3. The zero-order valence-electron chi connectivity index (χ0n) is 12.9. The lowest BCUT2D eigenvalue weighted by molar-refractivity contribution is 0.337. The van der Waals surface area contributed by atoms with Gasteiger partial charge in [0.05, 0.1) is 5.71 Å². The molecule has 1 aliphatic carbocycles. The Labute approximate surface area is 154 Å². The molecule has 2 aromatic carbocycles. The molecule has 4 nitrogen and oxygen atoms in total. The van der Waals surface area contributed by atoms with E-state index in [0.29, 0.717) is 17.2 Å². The summed E-state index contributed by atoms with van der Waals surface area (Å²) in [7, 11) is -3.93. The second kappa shape index (κ2) is 6.86. The van der Waals surface area contributed by atoms with E-state index >= 15 is 0 Å². The molecule has 0 amide bonds. The summed E-state index contributed by atoms with van der Waals surface area (Å²) in [6.45, 7) is 1.89. The fraction of sp³-hybridized carbons (Fsp3) is 0.235. The summed E-state index contributed by atoms with van der Waals surface area (Å²) in [6.07, 6.45) is 2.39. The fourth-order valence-corrected chi connectivity index (χ4v) is 4.50. The van der Waals surface area contributed by atoms with Crippen LogP contribution in [-0.2, 0) is 20.8 Å². The number of aryl methyl sites for hydroxylation is 2. The van der Waals surface area contributed by atoms with Crippen LogP contribution in [0.4, 0.5) is 0 Å². The van der Waals surface area contributed by atoms with Gasteiger partial charge in [0.25, 0.3) is 0 Å². The molecular weight excluding hydrogens is 414 g/mol. The monoisotopic (exact) mass is 427 g/mol. The minimum Gasteiger partial charge on any atom is -0.264 e. The third kappa shape index (κ3) is 3.66. The Hall–Kier alpha value is -1.37. The second-order valence-electron chi connectivity index (χ2n) is 5.65. The predicted octanol–water partition coefficient (Wildman–Crippen LogP) is 4.86. The first-order valence-electron chi connectivity index (χ1n) is 7.42. The highest BCUT2D eigenvalue weighted by Gasteiger charge is 2.22. The maximum Gasteiger partial charge on any atom is 0.358 e. The van der Waals surface area contributed by atoms with Crippen LogP contribution < -0.4 is 0 Å². The van der Waals surface area contributed by atoms with Crippen LogP contribution in [0, 0.1) is 6.92 Å². The first-order valence-corrected chi connectivity index (χ1v) is 10.0. The van der Waals surface area contributed by atoms with Gasteiger partial charge in [-0.2, -0.15) is 8.42 Å². The number of nitrogens with zero attached hydrogens (tertiary/aromatic N) is 1. The third-order valence-corrected chi connectivity index (χ3v) is 5.80. The van der Waals surface area contributed by atoms with Crippen molar-refractivity contribution in [2.45, 2.75) is 31.1 Å². The molecule has 0 bridgehead atoms. The zero-order chi connectivity index (χ0) is 17.3. The van der Waals surface area contributed by atoms with Gasteiger partial charge < -0.3 is 0 Å². The lowest BCUT2D eigenvalue weighted by Crippen LogP contribution is -2.14. The van der Waals surface area contributed by atoms with Gasteiger partial charge in [0.15, 0.2) is 0 Å². The molecule has 7 heteroatoms. The van der Waals surface area contributed by atoms with E-state index in [1.54, 1.807) is 18.2 Å². The summed E-state index contributed by atoms with van der Waals surface area (Å²) in [6, 6.07) is 10.1. The van der Waals surface area contributed by atoms with Crippen LogP contribution in [0.5, 0.6) is 0 Å². The number of rotatable bonds is 3. The highest BCUT2D eigenvalue weighted by Crippen LogP contribution is 2.32. The maximum atomic E-state index is 12.3. The molecule has 1 aliphatic rings. The summed E-state index contributed by atoms with van der Waals surface area (Å²) >= 11 is 9.55. The van der Waals surface area contributed by atoms with Crippen LogP contribution >= 0.6 is 27.5 Å². The minimum absolute atomic E-state index is 0.0867. The van der Waals surface area contributed by atoms with Gasteiger partial charge in [0, 0.05) is 15.1 Å². The number of hydrogen-bond donors (Lipinski definition) is 0. The Balaban J connectivity index is 1.93. The molecule has 0 radical (unpaired) electrons. The van der Waals surface area contributed by atoms with Gasteiger partial charge in [-0.3, -0.25) is 4.28 Å². The Kier molecular flexibility index (Phi) is 4.99. The van der Waals surface area contributed by atoms with E-state index in [0.717, 1.165) is 34.0 Å². The van der Waals surface area contributed by atoms with E-state index in [2.05, 4.69) is 21.1 Å². The summed E-state index contributed by atoms with van der Waals surface area (Å²) in [5, 5.41) is 4.58. The summed E-state index contributed by atoms with van der Waals surface area (Å²) in [5.74, 6) is 0. The number of fused-ring (bicyclic) bond motifs is 1. The molecule has 24 heavy (non-hydrogen) atoms. The summed E-state index contributed by atoms with van der Waals surface area (Å²) in [4.78, 5) is 0.0867. The van der Waals surface area contributed by atoms with Gasteiger partial charge in [-0.05, 0) is 56.0 Å². The third-order valence-electron chi connectivity index (χ3n) is 3.84. The normalized spacial score (nSPS) is 16.0. The Morgan fingerprint density at radius 3 is 2.58 bits per heavy atom. The van der Waals surface area contributed by atoms with E-state index in [4.69, 9.17) is 15.9 Å². The van der Waals surface area contributed by atoms with Crippen molar-refractivity contribution in [2.24, 2.45) is 5.16 Å².